The number of ketones is 1. The number of nitrogens with one attached hydrogen (secondary N) is 1. The van der Waals surface area contributed by atoms with E-state index >= 15 is 0 Å². The third-order valence-corrected chi connectivity index (χ3v) is 6.22. The lowest BCUT2D eigenvalue weighted by molar-refractivity contribution is -0.343. The number of Topliss-reactive ketones (excluding diaryl/α,β-unsaturated/α-hetero) is 1. The zero-order chi connectivity index (χ0) is 21.6. The van der Waals surface area contributed by atoms with Crippen molar-refractivity contribution in [2.45, 2.75) is 51.6 Å². The van der Waals surface area contributed by atoms with Crippen molar-refractivity contribution in [3.8, 4) is 0 Å². The monoisotopic (exact) mass is 429 g/mol. The fraction of sp³-hybridized carbons (Fsp3) is 0.857. The molecule has 2 atom stereocenters. The molecule has 1 saturated carbocycles. The van der Waals surface area contributed by atoms with Gasteiger partial charge in [0.15, 0.2) is 0 Å². The number of rotatable bonds is 6. The molecule has 0 saturated heterocycles. The number of alkyl halides is 7. The summed E-state index contributed by atoms with van der Waals surface area (Å²) in [6.45, 7) is 4.82. The highest BCUT2D eigenvalue weighted by molar-refractivity contribution is 7.90. The number of carbonyl (C=O) groups is 2. The van der Waals surface area contributed by atoms with Crippen LogP contribution < -0.4 is 4.72 Å². The van der Waals surface area contributed by atoms with Crippen molar-refractivity contribution < 1.29 is 48.7 Å². The molecular formula is C14H18F7NO4S. The Hall–Kier alpha value is -1.40. The minimum absolute atomic E-state index is 0.0000619. The first-order chi connectivity index (χ1) is 11.8. The van der Waals surface area contributed by atoms with E-state index in [9.17, 15) is 48.7 Å². The molecule has 5 nitrogen and oxygen atoms in total. The van der Waals surface area contributed by atoms with Crippen LogP contribution in [0, 0.1) is 17.3 Å². The Bertz CT molecular complexity index is 715. The maximum Gasteiger partial charge on any atom is 0.460 e. The highest BCUT2D eigenvalue weighted by atomic mass is 32.2. The first kappa shape index (κ1) is 23.6. The molecule has 13 heteroatoms. The smallest absolute Gasteiger partial charge is 0.299 e. The molecule has 0 heterocycles. The second kappa shape index (κ2) is 6.89. The molecule has 2 unspecified atom stereocenters. The Morgan fingerprint density at radius 3 is 2.00 bits per heavy atom. The first-order valence-corrected chi connectivity index (χ1v) is 9.36. The van der Waals surface area contributed by atoms with Crippen LogP contribution in [0.4, 0.5) is 30.7 Å². The van der Waals surface area contributed by atoms with Gasteiger partial charge >= 0.3 is 23.9 Å². The minimum atomic E-state index is -6.78. The molecule has 1 N–H and O–H groups in total. The number of hydrogen-bond donors (Lipinski definition) is 1. The van der Waals surface area contributed by atoms with E-state index in [1.807, 2.05) is 0 Å². The Balaban J connectivity index is 3.05. The zero-order valence-electron chi connectivity index (χ0n) is 14.5. The summed E-state index contributed by atoms with van der Waals surface area (Å²) in [6, 6.07) is 0. The van der Waals surface area contributed by atoms with E-state index < -0.39 is 56.8 Å². The zero-order valence-corrected chi connectivity index (χ0v) is 15.3. The van der Waals surface area contributed by atoms with E-state index in [0.717, 1.165) is 0 Å². The lowest BCUT2D eigenvalue weighted by Gasteiger charge is -2.31. The van der Waals surface area contributed by atoms with Crippen LogP contribution in [0.1, 0.15) is 33.6 Å². The maximum absolute atomic E-state index is 13.3. The van der Waals surface area contributed by atoms with Gasteiger partial charge in [-0.15, -0.1) is 0 Å². The summed E-state index contributed by atoms with van der Waals surface area (Å²) in [5.41, 5.74) is -0.901. The van der Waals surface area contributed by atoms with Gasteiger partial charge in [-0.3, -0.25) is 9.59 Å². The maximum atomic E-state index is 13.3. The average Bonchev–Trinajstić information content (AvgIpc) is 2.67. The predicted octanol–water partition coefficient (Wildman–Crippen LogP) is 2.91. The van der Waals surface area contributed by atoms with Crippen LogP contribution in [0.5, 0.6) is 0 Å². The van der Waals surface area contributed by atoms with Crippen LogP contribution >= 0.6 is 0 Å². The van der Waals surface area contributed by atoms with Crippen LogP contribution in [0.2, 0.25) is 0 Å². The van der Waals surface area contributed by atoms with Crippen molar-refractivity contribution in [3.63, 3.8) is 0 Å². The molecule has 0 aromatic heterocycles. The van der Waals surface area contributed by atoms with Gasteiger partial charge in [-0.25, -0.2) is 13.1 Å². The number of halogens is 7. The minimum Gasteiger partial charge on any atom is -0.299 e. The normalized spacial score (nSPS) is 24.1. The van der Waals surface area contributed by atoms with Crippen molar-refractivity contribution in [2.75, 3.05) is 5.75 Å². The summed E-state index contributed by atoms with van der Waals surface area (Å²) in [5.74, 6) is -19.7. The highest BCUT2D eigenvalue weighted by Gasteiger charge is 2.76. The topological polar surface area (TPSA) is 80.3 Å². The molecule has 0 spiro atoms. The van der Waals surface area contributed by atoms with Crippen LogP contribution in [0.15, 0.2) is 0 Å². The molecular weight excluding hydrogens is 411 g/mol. The van der Waals surface area contributed by atoms with Gasteiger partial charge in [-0.2, -0.15) is 30.7 Å². The summed E-state index contributed by atoms with van der Waals surface area (Å²) in [6.07, 6.45) is -6.28. The van der Waals surface area contributed by atoms with E-state index in [4.69, 9.17) is 0 Å². The average molecular weight is 429 g/mol. The van der Waals surface area contributed by atoms with Crippen LogP contribution in [-0.4, -0.2) is 43.9 Å². The van der Waals surface area contributed by atoms with Gasteiger partial charge in [0, 0.05) is 12.3 Å². The Morgan fingerprint density at radius 2 is 1.63 bits per heavy atom. The molecule has 1 rings (SSSR count). The Labute approximate surface area is 150 Å². The van der Waals surface area contributed by atoms with Crippen molar-refractivity contribution in [3.05, 3.63) is 0 Å². The third-order valence-electron chi connectivity index (χ3n) is 4.95. The molecule has 1 aliphatic rings. The Kier molecular flexibility index (Phi) is 6.03. The van der Waals surface area contributed by atoms with E-state index in [1.165, 1.54) is 0 Å². The molecule has 27 heavy (non-hydrogen) atoms. The standard InChI is InChI=1S/C14H18F7NO4S/c1-4-7-5-9(23)8(11(7,2)3)6-27(25,26)22-10(24)12(15,16)13(17,18)14(19,20)21/h7-8H,4-6H2,1-3H3,(H,22,24). The molecule has 1 amide bonds. The molecule has 0 radical (unpaired) electrons. The molecule has 1 aliphatic carbocycles. The van der Waals surface area contributed by atoms with Gasteiger partial charge in [0.05, 0.1) is 5.75 Å². The quantitative estimate of drug-likeness (QED) is 0.659. The van der Waals surface area contributed by atoms with Crippen molar-refractivity contribution in [2.24, 2.45) is 17.3 Å². The SMILES string of the molecule is CCC1CC(=O)C(CS(=O)(=O)NC(=O)C(F)(F)C(F)(F)C(F)(F)F)C1(C)C. The fourth-order valence-corrected chi connectivity index (χ4v) is 4.66. The molecule has 158 valence electrons. The van der Waals surface area contributed by atoms with Crippen LogP contribution in [0.25, 0.3) is 0 Å². The summed E-state index contributed by atoms with van der Waals surface area (Å²) in [4.78, 5) is 23.2. The van der Waals surface area contributed by atoms with E-state index in [0.29, 0.717) is 11.1 Å². The summed E-state index contributed by atoms with van der Waals surface area (Å²) in [7, 11) is -5.09. The summed E-state index contributed by atoms with van der Waals surface area (Å²) >= 11 is 0. The molecule has 0 aromatic carbocycles. The second-order valence-electron chi connectivity index (χ2n) is 7.01. The van der Waals surface area contributed by atoms with Crippen molar-refractivity contribution in [1.29, 1.82) is 0 Å². The summed E-state index contributed by atoms with van der Waals surface area (Å²) in [5, 5.41) is 0. The van der Waals surface area contributed by atoms with E-state index in [1.54, 1.807) is 20.8 Å². The van der Waals surface area contributed by atoms with Gasteiger partial charge in [-0.1, -0.05) is 27.2 Å². The number of amides is 1. The number of hydrogen-bond acceptors (Lipinski definition) is 4. The third kappa shape index (κ3) is 4.21. The number of sulfonamides is 1. The van der Waals surface area contributed by atoms with Crippen LogP contribution in [0.3, 0.4) is 0 Å². The lowest BCUT2D eigenvalue weighted by Crippen LogP contribution is -2.60. The van der Waals surface area contributed by atoms with Gasteiger partial charge in [0.25, 0.3) is 0 Å². The molecule has 0 aromatic rings. The van der Waals surface area contributed by atoms with Gasteiger partial charge in [-0.05, 0) is 11.3 Å². The van der Waals surface area contributed by atoms with E-state index in [2.05, 4.69) is 0 Å². The Morgan fingerprint density at radius 1 is 1.15 bits per heavy atom. The fourth-order valence-electron chi connectivity index (χ4n) is 3.11. The summed E-state index contributed by atoms with van der Waals surface area (Å²) < 4.78 is 113. The molecule has 1 fully saturated rings. The number of carbonyl (C=O) groups excluding carboxylic acids is 2. The first-order valence-electron chi connectivity index (χ1n) is 7.71. The highest BCUT2D eigenvalue weighted by Crippen LogP contribution is 2.48. The van der Waals surface area contributed by atoms with Gasteiger partial charge in [0.1, 0.15) is 5.78 Å². The predicted molar refractivity (Wildman–Crippen MR) is 78.6 cm³/mol. The largest absolute Gasteiger partial charge is 0.460 e. The molecule has 0 aliphatic heterocycles. The molecule has 0 bridgehead atoms. The second-order valence-corrected chi connectivity index (χ2v) is 8.78. The lowest BCUT2D eigenvalue weighted by atomic mass is 9.75. The van der Waals surface area contributed by atoms with E-state index in [-0.39, 0.29) is 12.3 Å². The van der Waals surface area contributed by atoms with Gasteiger partial charge < -0.3 is 0 Å². The van der Waals surface area contributed by atoms with Crippen LogP contribution in [-0.2, 0) is 19.6 Å². The van der Waals surface area contributed by atoms with Crippen molar-refractivity contribution in [1.82, 2.24) is 4.72 Å². The van der Waals surface area contributed by atoms with Gasteiger partial charge in [0.2, 0.25) is 10.0 Å². The van der Waals surface area contributed by atoms with Crippen molar-refractivity contribution >= 4 is 21.7 Å².